The number of nitrogens with one attached hydrogen (secondary N) is 1. The molecule has 17 heavy (non-hydrogen) atoms. The van der Waals surface area contributed by atoms with Crippen LogP contribution < -0.4 is 5.32 Å². The molecule has 0 aromatic rings. The van der Waals surface area contributed by atoms with Crippen molar-refractivity contribution in [1.82, 2.24) is 15.1 Å². The molecule has 0 aliphatic carbocycles. The summed E-state index contributed by atoms with van der Waals surface area (Å²) in [6, 6.07) is 0.621. The fraction of sp³-hybridized carbons (Fsp3) is 1.00. The molecule has 0 fully saturated rings. The van der Waals surface area contributed by atoms with E-state index >= 15 is 0 Å². The molecule has 0 aromatic carbocycles. The van der Waals surface area contributed by atoms with E-state index < -0.39 is 0 Å². The largest absolute Gasteiger partial charge is 0.313 e. The Labute approximate surface area is 109 Å². The molecule has 0 bridgehead atoms. The average Bonchev–Trinajstić information content (AvgIpc) is 2.26. The van der Waals surface area contributed by atoms with E-state index in [9.17, 15) is 0 Å². The summed E-state index contributed by atoms with van der Waals surface area (Å²) in [6.07, 6.45) is 1.26. The van der Waals surface area contributed by atoms with Crippen LogP contribution in [0.5, 0.6) is 0 Å². The molecule has 104 valence electrons. The molecule has 1 N–H and O–H groups in total. The highest BCUT2D eigenvalue weighted by atomic mass is 15.1. The third kappa shape index (κ3) is 9.57. The van der Waals surface area contributed by atoms with Gasteiger partial charge >= 0.3 is 0 Å². The predicted molar refractivity (Wildman–Crippen MR) is 77.6 cm³/mol. The molecular weight excluding hydrogens is 210 g/mol. The van der Waals surface area contributed by atoms with Gasteiger partial charge in [-0.25, -0.2) is 0 Å². The Hall–Kier alpha value is -0.120. The van der Waals surface area contributed by atoms with Gasteiger partial charge in [-0.15, -0.1) is 0 Å². The SMILES string of the molecule is CCN(CCCN(C)C)CCNC(C)C(C)C. The summed E-state index contributed by atoms with van der Waals surface area (Å²) in [6.45, 7) is 14.9. The first kappa shape index (κ1) is 16.9. The average molecular weight is 243 g/mol. The van der Waals surface area contributed by atoms with Gasteiger partial charge in [0, 0.05) is 19.1 Å². The summed E-state index contributed by atoms with van der Waals surface area (Å²) in [5.41, 5.74) is 0. The molecule has 1 atom stereocenters. The lowest BCUT2D eigenvalue weighted by molar-refractivity contribution is 0.259. The Balaban J connectivity index is 3.60. The minimum atomic E-state index is 0.621. The van der Waals surface area contributed by atoms with Crippen molar-refractivity contribution in [3.05, 3.63) is 0 Å². The highest BCUT2D eigenvalue weighted by Crippen LogP contribution is 1.99. The van der Waals surface area contributed by atoms with Gasteiger partial charge in [0.15, 0.2) is 0 Å². The third-order valence-electron chi connectivity index (χ3n) is 3.42. The number of hydrogen-bond acceptors (Lipinski definition) is 3. The van der Waals surface area contributed by atoms with Crippen LogP contribution in [-0.2, 0) is 0 Å². The molecule has 3 heteroatoms. The van der Waals surface area contributed by atoms with Gasteiger partial charge in [0.05, 0.1) is 0 Å². The third-order valence-corrected chi connectivity index (χ3v) is 3.42. The van der Waals surface area contributed by atoms with Gasteiger partial charge in [-0.2, -0.15) is 0 Å². The van der Waals surface area contributed by atoms with Crippen LogP contribution in [0.15, 0.2) is 0 Å². The van der Waals surface area contributed by atoms with Crippen LogP contribution in [0, 0.1) is 5.92 Å². The molecule has 0 radical (unpaired) electrons. The van der Waals surface area contributed by atoms with Gasteiger partial charge in [0.2, 0.25) is 0 Å². The van der Waals surface area contributed by atoms with E-state index in [0.29, 0.717) is 6.04 Å². The number of nitrogens with zero attached hydrogens (tertiary/aromatic N) is 2. The number of rotatable bonds is 10. The summed E-state index contributed by atoms with van der Waals surface area (Å²) in [5.74, 6) is 0.721. The zero-order valence-corrected chi connectivity index (χ0v) is 12.8. The lowest BCUT2D eigenvalue weighted by Crippen LogP contribution is -2.38. The maximum Gasteiger partial charge on any atom is 0.0107 e. The molecule has 0 aromatic heterocycles. The van der Waals surface area contributed by atoms with Gasteiger partial charge in [0.25, 0.3) is 0 Å². The molecule has 0 spiro atoms. The van der Waals surface area contributed by atoms with Crippen molar-refractivity contribution in [3.8, 4) is 0 Å². The Kier molecular flexibility index (Phi) is 9.79. The smallest absolute Gasteiger partial charge is 0.0107 e. The van der Waals surface area contributed by atoms with Crippen molar-refractivity contribution in [1.29, 1.82) is 0 Å². The molecular formula is C14H33N3. The maximum atomic E-state index is 3.59. The first-order chi connectivity index (χ1) is 7.97. The Bertz CT molecular complexity index is 169. The second-order valence-electron chi connectivity index (χ2n) is 5.58. The predicted octanol–water partition coefficient (Wildman–Crippen LogP) is 1.89. The van der Waals surface area contributed by atoms with E-state index in [1.54, 1.807) is 0 Å². The molecule has 0 saturated carbocycles. The van der Waals surface area contributed by atoms with Crippen molar-refractivity contribution in [3.63, 3.8) is 0 Å². The van der Waals surface area contributed by atoms with Gasteiger partial charge in [-0.05, 0) is 53.0 Å². The van der Waals surface area contributed by atoms with Gasteiger partial charge < -0.3 is 15.1 Å². The molecule has 1 unspecified atom stereocenters. The second-order valence-corrected chi connectivity index (χ2v) is 5.58. The number of likely N-dealkylation sites (N-methyl/N-ethyl adjacent to an activating group) is 1. The van der Waals surface area contributed by atoms with Crippen LogP contribution in [0.3, 0.4) is 0 Å². The van der Waals surface area contributed by atoms with Crippen LogP contribution in [0.4, 0.5) is 0 Å². The fourth-order valence-corrected chi connectivity index (χ4v) is 1.72. The van der Waals surface area contributed by atoms with E-state index in [2.05, 4.69) is 56.9 Å². The summed E-state index contributed by atoms with van der Waals surface area (Å²) >= 11 is 0. The van der Waals surface area contributed by atoms with Crippen LogP contribution in [0.2, 0.25) is 0 Å². The summed E-state index contributed by atoms with van der Waals surface area (Å²) in [7, 11) is 4.28. The minimum absolute atomic E-state index is 0.621. The molecule has 3 nitrogen and oxygen atoms in total. The zero-order valence-electron chi connectivity index (χ0n) is 12.8. The van der Waals surface area contributed by atoms with Crippen molar-refractivity contribution in [2.75, 3.05) is 46.8 Å². The summed E-state index contributed by atoms with van der Waals surface area (Å²) in [4.78, 5) is 4.79. The van der Waals surface area contributed by atoms with E-state index in [4.69, 9.17) is 0 Å². The quantitative estimate of drug-likeness (QED) is 0.632. The Morgan fingerprint density at radius 3 is 2.12 bits per heavy atom. The standard InChI is InChI=1S/C14H33N3/c1-7-17(11-8-10-16(5)6)12-9-15-14(4)13(2)3/h13-15H,7-12H2,1-6H3. The second kappa shape index (κ2) is 9.86. The first-order valence-corrected chi connectivity index (χ1v) is 7.07. The topological polar surface area (TPSA) is 18.5 Å². The Morgan fingerprint density at radius 2 is 1.65 bits per heavy atom. The van der Waals surface area contributed by atoms with Crippen LogP contribution >= 0.6 is 0 Å². The fourth-order valence-electron chi connectivity index (χ4n) is 1.72. The molecule has 0 saturated heterocycles. The summed E-state index contributed by atoms with van der Waals surface area (Å²) in [5, 5.41) is 3.59. The van der Waals surface area contributed by atoms with Crippen molar-refractivity contribution >= 4 is 0 Å². The van der Waals surface area contributed by atoms with E-state index in [-0.39, 0.29) is 0 Å². The minimum Gasteiger partial charge on any atom is -0.313 e. The van der Waals surface area contributed by atoms with E-state index in [1.165, 1.54) is 26.1 Å². The van der Waals surface area contributed by atoms with Crippen LogP contribution in [0.1, 0.15) is 34.1 Å². The molecule has 0 amide bonds. The first-order valence-electron chi connectivity index (χ1n) is 7.07. The maximum absolute atomic E-state index is 3.59. The van der Waals surface area contributed by atoms with Crippen molar-refractivity contribution in [2.45, 2.75) is 40.2 Å². The van der Waals surface area contributed by atoms with Gasteiger partial charge in [-0.3, -0.25) is 0 Å². The molecule has 0 aliphatic heterocycles. The highest BCUT2D eigenvalue weighted by molar-refractivity contribution is 4.66. The number of hydrogen-bond donors (Lipinski definition) is 1. The van der Waals surface area contributed by atoms with Crippen molar-refractivity contribution in [2.24, 2.45) is 5.92 Å². The molecule has 0 aliphatic rings. The van der Waals surface area contributed by atoms with Crippen LogP contribution in [0.25, 0.3) is 0 Å². The zero-order chi connectivity index (χ0) is 13.3. The van der Waals surface area contributed by atoms with E-state index in [0.717, 1.165) is 19.0 Å². The molecule has 0 rings (SSSR count). The van der Waals surface area contributed by atoms with E-state index in [1.807, 2.05) is 0 Å². The monoisotopic (exact) mass is 243 g/mol. The summed E-state index contributed by atoms with van der Waals surface area (Å²) < 4.78 is 0. The molecule has 0 heterocycles. The van der Waals surface area contributed by atoms with Gasteiger partial charge in [0.1, 0.15) is 0 Å². The lowest BCUT2D eigenvalue weighted by Gasteiger charge is -2.24. The normalized spacial score (nSPS) is 13.9. The Morgan fingerprint density at radius 1 is 1.00 bits per heavy atom. The van der Waals surface area contributed by atoms with Crippen molar-refractivity contribution < 1.29 is 0 Å². The lowest BCUT2D eigenvalue weighted by atomic mass is 10.1. The highest BCUT2D eigenvalue weighted by Gasteiger charge is 2.07. The van der Waals surface area contributed by atoms with Gasteiger partial charge in [-0.1, -0.05) is 20.8 Å². The van der Waals surface area contributed by atoms with Crippen LogP contribution in [-0.4, -0.2) is 62.7 Å².